The van der Waals surface area contributed by atoms with Crippen molar-refractivity contribution in [3.8, 4) is 0 Å². The molecular weight excluding hydrogens is 270 g/mol. The topological polar surface area (TPSA) is 76.6 Å². The minimum absolute atomic E-state index is 0.309. The summed E-state index contributed by atoms with van der Waals surface area (Å²) in [6, 6.07) is 9.55. The molecule has 2 aromatic heterocycles. The van der Waals surface area contributed by atoms with E-state index in [1.54, 1.807) is 0 Å². The lowest BCUT2D eigenvalue weighted by atomic mass is 10.2. The SMILES string of the molecule is O=C(O)Cn1nc(C2CC2)n2c(cc3ccccc32)c1=O. The standard InChI is InChI=1S/C15H13N3O3/c19-13(20)8-17-15(21)12-7-10-3-1-2-4-11(10)18(12)14(16-17)9-5-6-9/h1-4,7,9H,5-6,8H2,(H,19,20). The molecule has 1 aliphatic rings. The fourth-order valence-electron chi connectivity index (χ4n) is 2.75. The van der Waals surface area contributed by atoms with Gasteiger partial charge in [0.1, 0.15) is 17.9 Å². The van der Waals surface area contributed by atoms with Crippen molar-refractivity contribution in [2.75, 3.05) is 0 Å². The molecule has 0 aliphatic heterocycles. The van der Waals surface area contributed by atoms with E-state index in [4.69, 9.17) is 5.11 Å². The largest absolute Gasteiger partial charge is 0.480 e. The maximum Gasteiger partial charge on any atom is 0.325 e. The fourth-order valence-corrected chi connectivity index (χ4v) is 2.75. The van der Waals surface area contributed by atoms with Gasteiger partial charge in [-0.05, 0) is 25.0 Å². The molecule has 0 bridgehead atoms. The minimum Gasteiger partial charge on any atom is -0.480 e. The zero-order valence-electron chi connectivity index (χ0n) is 11.2. The second-order valence-corrected chi connectivity index (χ2v) is 5.41. The second-order valence-electron chi connectivity index (χ2n) is 5.41. The van der Waals surface area contributed by atoms with Crippen molar-refractivity contribution >= 4 is 22.4 Å². The van der Waals surface area contributed by atoms with Gasteiger partial charge < -0.3 is 5.11 Å². The monoisotopic (exact) mass is 283 g/mol. The van der Waals surface area contributed by atoms with Gasteiger partial charge in [0.15, 0.2) is 0 Å². The van der Waals surface area contributed by atoms with Gasteiger partial charge in [0.25, 0.3) is 5.56 Å². The van der Waals surface area contributed by atoms with Crippen LogP contribution >= 0.6 is 0 Å². The second kappa shape index (κ2) is 4.18. The average Bonchev–Trinajstić information content (AvgIpc) is 3.22. The van der Waals surface area contributed by atoms with Gasteiger partial charge in [-0.3, -0.25) is 14.0 Å². The number of carbonyl (C=O) groups is 1. The lowest BCUT2D eigenvalue weighted by molar-refractivity contribution is -0.138. The number of hydrogen-bond acceptors (Lipinski definition) is 3. The van der Waals surface area contributed by atoms with Crippen LogP contribution < -0.4 is 5.56 Å². The number of carboxylic acid groups (broad SMARTS) is 1. The summed E-state index contributed by atoms with van der Waals surface area (Å²) in [6.45, 7) is -0.406. The number of aromatic nitrogens is 3. The number of nitrogens with zero attached hydrogens (tertiary/aromatic N) is 3. The molecular formula is C15H13N3O3. The summed E-state index contributed by atoms with van der Waals surface area (Å²) in [6.07, 6.45) is 2.06. The molecule has 0 spiro atoms. The van der Waals surface area contributed by atoms with Crippen molar-refractivity contribution in [3.63, 3.8) is 0 Å². The van der Waals surface area contributed by atoms with E-state index >= 15 is 0 Å². The van der Waals surface area contributed by atoms with Crippen molar-refractivity contribution in [2.45, 2.75) is 25.3 Å². The minimum atomic E-state index is -1.06. The summed E-state index contributed by atoms with van der Waals surface area (Å²) in [5.74, 6) is 0.0304. The molecule has 1 aromatic carbocycles. The smallest absolute Gasteiger partial charge is 0.325 e. The molecule has 4 rings (SSSR count). The zero-order chi connectivity index (χ0) is 14.6. The quantitative estimate of drug-likeness (QED) is 0.792. The van der Waals surface area contributed by atoms with Crippen LogP contribution in [0.1, 0.15) is 24.6 Å². The molecule has 106 valence electrons. The number of benzene rings is 1. The van der Waals surface area contributed by atoms with Crippen molar-refractivity contribution in [1.29, 1.82) is 0 Å². The first kappa shape index (κ1) is 12.1. The van der Waals surface area contributed by atoms with Crippen molar-refractivity contribution in [2.24, 2.45) is 0 Å². The molecule has 0 radical (unpaired) electrons. The van der Waals surface area contributed by atoms with E-state index in [0.29, 0.717) is 11.4 Å². The van der Waals surface area contributed by atoms with Crippen molar-refractivity contribution in [1.82, 2.24) is 14.2 Å². The van der Waals surface area contributed by atoms with Crippen LogP contribution in [0.25, 0.3) is 16.4 Å². The first-order valence-electron chi connectivity index (χ1n) is 6.88. The van der Waals surface area contributed by atoms with Gasteiger partial charge in [-0.15, -0.1) is 0 Å². The molecule has 3 aromatic rings. The number of carboxylic acids is 1. The Bertz CT molecular complexity index is 934. The molecule has 21 heavy (non-hydrogen) atoms. The Balaban J connectivity index is 2.12. The number of aliphatic carboxylic acids is 1. The van der Waals surface area contributed by atoms with Gasteiger partial charge in [-0.1, -0.05) is 18.2 Å². The predicted molar refractivity (Wildman–Crippen MR) is 76.6 cm³/mol. The average molecular weight is 283 g/mol. The summed E-state index contributed by atoms with van der Waals surface area (Å²) in [5, 5.41) is 14.2. The van der Waals surface area contributed by atoms with Gasteiger partial charge in [0.05, 0.1) is 5.52 Å². The Kier molecular flexibility index (Phi) is 2.42. The van der Waals surface area contributed by atoms with E-state index in [1.165, 1.54) is 0 Å². The maximum atomic E-state index is 12.4. The fraction of sp³-hybridized carbons (Fsp3) is 0.267. The first-order valence-corrected chi connectivity index (χ1v) is 6.88. The summed E-state index contributed by atoms with van der Waals surface area (Å²) in [4.78, 5) is 23.4. The third-order valence-corrected chi connectivity index (χ3v) is 3.84. The predicted octanol–water partition coefficient (Wildman–Crippen LogP) is 1.61. The molecule has 0 unspecified atom stereocenters. The Hall–Kier alpha value is -2.63. The highest BCUT2D eigenvalue weighted by Crippen LogP contribution is 2.39. The van der Waals surface area contributed by atoms with Crippen LogP contribution in [0.15, 0.2) is 35.1 Å². The summed E-state index contributed by atoms with van der Waals surface area (Å²) >= 11 is 0. The van der Waals surface area contributed by atoms with E-state index in [9.17, 15) is 9.59 Å². The Morgan fingerprint density at radius 2 is 2.05 bits per heavy atom. The van der Waals surface area contributed by atoms with Gasteiger partial charge >= 0.3 is 5.97 Å². The number of hydrogen-bond donors (Lipinski definition) is 1. The van der Waals surface area contributed by atoms with Crippen LogP contribution in [0, 0.1) is 0 Å². The number of fused-ring (bicyclic) bond motifs is 3. The number of rotatable bonds is 3. The van der Waals surface area contributed by atoms with Crippen LogP contribution in [0.4, 0.5) is 0 Å². The molecule has 2 heterocycles. The maximum absolute atomic E-state index is 12.4. The van der Waals surface area contributed by atoms with Crippen molar-refractivity contribution in [3.05, 3.63) is 46.5 Å². The van der Waals surface area contributed by atoms with E-state index in [-0.39, 0.29) is 5.56 Å². The van der Waals surface area contributed by atoms with E-state index in [1.807, 2.05) is 34.7 Å². The van der Waals surface area contributed by atoms with Gasteiger partial charge in [-0.2, -0.15) is 5.10 Å². The Labute approximate surface area is 119 Å². The molecule has 1 aliphatic carbocycles. The van der Waals surface area contributed by atoms with Crippen LogP contribution in [0.3, 0.4) is 0 Å². The zero-order valence-corrected chi connectivity index (χ0v) is 11.2. The third-order valence-electron chi connectivity index (χ3n) is 3.84. The molecule has 1 saturated carbocycles. The Morgan fingerprint density at radius 1 is 1.29 bits per heavy atom. The summed E-state index contributed by atoms with van der Waals surface area (Å²) in [5.41, 5.74) is 1.08. The normalized spacial score (nSPS) is 14.9. The van der Waals surface area contributed by atoms with Crippen LogP contribution in [0.5, 0.6) is 0 Å². The highest BCUT2D eigenvalue weighted by molar-refractivity contribution is 5.87. The summed E-state index contributed by atoms with van der Waals surface area (Å²) < 4.78 is 2.94. The molecule has 0 amide bonds. The molecule has 6 heteroatoms. The lowest BCUT2D eigenvalue weighted by Gasteiger charge is -2.09. The lowest BCUT2D eigenvalue weighted by Crippen LogP contribution is -2.29. The van der Waals surface area contributed by atoms with Crippen LogP contribution in [-0.4, -0.2) is 25.3 Å². The van der Waals surface area contributed by atoms with Gasteiger partial charge in [0.2, 0.25) is 0 Å². The van der Waals surface area contributed by atoms with E-state index in [2.05, 4.69) is 5.10 Å². The molecule has 1 fully saturated rings. The molecule has 0 atom stereocenters. The highest BCUT2D eigenvalue weighted by Gasteiger charge is 2.30. The molecule has 6 nitrogen and oxygen atoms in total. The highest BCUT2D eigenvalue weighted by atomic mass is 16.4. The van der Waals surface area contributed by atoms with Gasteiger partial charge in [-0.25, -0.2) is 4.68 Å². The van der Waals surface area contributed by atoms with Crippen molar-refractivity contribution < 1.29 is 9.90 Å². The van der Waals surface area contributed by atoms with Crippen LogP contribution in [-0.2, 0) is 11.3 Å². The summed E-state index contributed by atoms with van der Waals surface area (Å²) in [7, 11) is 0. The third kappa shape index (κ3) is 1.83. The van der Waals surface area contributed by atoms with Crippen LogP contribution in [0.2, 0.25) is 0 Å². The molecule has 0 saturated heterocycles. The molecule has 1 N–H and O–H groups in total. The number of para-hydroxylation sites is 1. The first-order chi connectivity index (χ1) is 10.1. The van der Waals surface area contributed by atoms with Gasteiger partial charge in [0, 0.05) is 11.3 Å². The van der Waals surface area contributed by atoms with E-state index in [0.717, 1.165) is 34.3 Å². The van der Waals surface area contributed by atoms with E-state index < -0.39 is 12.5 Å². The Morgan fingerprint density at radius 3 is 2.76 bits per heavy atom.